The van der Waals surface area contributed by atoms with E-state index in [9.17, 15) is 4.79 Å². The maximum absolute atomic E-state index is 10.8. The van der Waals surface area contributed by atoms with Gasteiger partial charge in [0, 0.05) is 0 Å². The van der Waals surface area contributed by atoms with E-state index < -0.39 is 6.69 Å². The molecule has 0 aliphatic carbocycles. The Morgan fingerprint density at radius 2 is 2.00 bits per heavy atom. The fourth-order valence-corrected chi connectivity index (χ4v) is 1.45. The second-order valence-electron chi connectivity index (χ2n) is 2.20. The maximum Gasteiger partial charge on any atom is 0.308 e. The minimum Gasteiger partial charge on any atom is -0.469 e. The van der Waals surface area contributed by atoms with Crippen LogP contribution in [0.3, 0.4) is 0 Å². The van der Waals surface area contributed by atoms with Crippen molar-refractivity contribution in [3.05, 3.63) is 0 Å². The normalized spacial score (nSPS) is 14.5. The van der Waals surface area contributed by atoms with Gasteiger partial charge in [0.1, 0.15) is 0 Å². The van der Waals surface area contributed by atoms with E-state index in [-0.39, 0.29) is 11.5 Å². The van der Waals surface area contributed by atoms with Crippen LogP contribution in [0.5, 0.6) is 0 Å². The summed E-state index contributed by atoms with van der Waals surface area (Å²) in [6, 6.07) is 0. The predicted molar refractivity (Wildman–Crippen MR) is 44.8 cm³/mol. The predicted octanol–water partition coefficient (Wildman–Crippen LogP) is 2.10. The summed E-state index contributed by atoms with van der Waals surface area (Å²) in [5.41, 5.74) is -0.360. The average Bonchev–Trinajstić information content (AvgIpc) is 1.83. The Morgan fingerprint density at radius 3 is 2.10 bits per heavy atom. The van der Waals surface area contributed by atoms with Crippen LogP contribution in [0.25, 0.3) is 0 Å². The molecular formula is C5H10Cl2O2Si. The highest BCUT2D eigenvalue weighted by Gasteiger charge is 2.35. The minimum atomic E-state index is -2.37. The molecule has 5 heteroatoms. The Labute approximate surface area is 70.9 Å². The van der Waals surface area contributed by atoms with E-state index in [1.807, 2.05) is 0 Å². The lowest BCUT2D eigenvalue weighted by Crippen LogP contribution is -2.27. The van der Waals surface area contributed by atoms with Crippen LogP contribution in [-0.2, 0) is 9.53 Å². The number of hydrogen-bond acceptors (Lipinski definition) is 2. The Hall–Kier alpha value is 0.267. The number of halogens is 2. The van der Waals surface area contributed by atoms with Crippen LogP contribution >= 0.6 is 22.2 Å². The molecule has 0 aromatic heterocycles. The molecule has 0 fully saturated rings. The van der Waals surface area contributed by atoms with Gasteiger partial charge in [-0.3, -0.25) is 4.79 Å². The molecule has 2 nitrogen and oxygen atoms in total. The van der Waals surface area contributed by atoms with Crippen LogP contribution in [-0.4, -0.2) is 19.8 Å². The van der Waals surface area contributed by atoms with Crippen molar-refractivity contribution in [3.63, 3.8) is 0 Å². The van der Waals surface area contributed by atoms with Gasteiger partial charge in [0.05, 0.1) is 12.7 Å². The van der Waals surface area contributed by atoms with E-state index in [2.05, 4.69) is 4.74 Å². The van der Waals surface area contributed by atoms with Crippen LogP contribution in [0, 0.1) is 0 Å². The number of carbonyl (C=O) groups is 1. The molecule has 0 aromatic rings. The molecule has 60 valence electrons. The second kappa shape index (κ2) is 3.60. The van der Waals surface area contributed by atoms with Crippen molar-refractivity contribution in [2.45, 2.75) is 19.0 Å². The lowest BCUT2D eigenvalue weighted by Gasteiger charge is -2.16. The molecule has 0 saturated heterocycles. The zero-order valence-corrected chi connectivity index (χ0v) is 8.66. The van der Waals surface area contributed by atoms with Crippen LogP contribution in [0.4, 0.5) is 0 Å². The number of carbonyl (C=O) groups excluding carboxylic acids is 1. The van der Waals surface area contributed by atoms with Crippen molar-refractivity contribution in [1.82, 2.24) is 0 Å². The molecule has 0 aliphatic rings. The first-order valence-electron chi connectivity index (χ1n) is 2.85. The topological polar surface area (TPSA) is 26.3 Å². The second-order valence-corrected chi connectivity index (χ2v) is 10.3. The van der Waals surface area contributed by atoms with Crippen molar-refractivity contribution in [2.24, 2.45) is 0 Å². The van der Waals surface area contributed by atoms with Crippen molar-refractivity contribution in [3.8, 4) is 0 Å². The largest absolute Gasteiger partial charge is 0.469 e. The van der Waals surface area contributed by atoms with E-state index in [4.69, 9.17) is 22.2 Å². The molecule has 1 atom stereocenters. The van der Waals surface area contributed by atoms with Gasteiger partial charge < -0.3 is 4.74 Å². The SMILES string of the molecule is COC(=O)[C@@H](C)[Si](C)(Cl)Cl. The van der Waals surface area contributed by atoms with Gasteiger partial charge in [-0.25, -0.2) is 0 Å². The van der Waals surface area contributed by atoms with E-state index in [0.29, 0.717) is 0 Å². The highest BCUT2D eigenvalue weighted by molar-refractivity contribution is 7.46. The van der Waals surface area contributed by atoms with E-state index >= 15 is 0 Å². The molecule has 0 rings (SSSR count). The number of esters is 1. The van der Waals surface area contributed by atoms with Gasteiger partial charge in [-0.2, -0.15) is 0 Å². The first-order chi connectivity index (χ1) is 4.39. The fraction of sp³-hybridized carbons (Fsp3) is 0.800. The van der Waals surface area contributed by atoms with Crippen LogP contribution in [0.2, 0.25) is 12.1 Å². The maximum atomic E-state index is 10.8. The lowest BCUT2D eigenvalue weighted by molar-refractivity contribution is -0.140. The summed E-state index contributed by atoms with van der Waals surface area (Å²) in [7, 11) is 1.33. The molecular weight excluding hydrogens is 191 g/mol. The summed E-state index contributed by atoms with van der Waals surface area (Å²) in [5.74, 6) is -0.334. The van der Waals surface area contributed by atoms with Crippen LogP contribution in [0.1, 0.15) is 6.92 Å². The highest BCUT2D eigenvalue weighted by Crippen LogP contribution is 2.29. The Kier molecular flexibility index (Phi) is 3.69. The Morgan fingerprint density at radius 1 is 1.60 bits per heavy atom. The third kappa shape index (κ3) is 2.90. The monoisotopic (exact) mass is 200 g/mol. The zero-order chi connectivity index (χ0) is 8.36. The molecule has 0 heterocycles. The van der Waals surface area contributed by atoms with Gasteiger partial charge in [-0.15, -0.1) is 22.2 Å². The molecule has 0 bridgehead atoms. The molecule has 0 aromatic carbocycles. The van der Waals surface area contributed by atoms with E-state index in [0.717, 1.165) is 0 Å². The summed E-state index contributed by atoms with van der Waals surface area (Å²) in [5, 5.41) is 0. The van der Waals surface area contributed by atoms with Gasteiger partial charge in [-0.1, -0.05) is 6.92 Å². The third-order valence-electron chi connectivity index (χ3n) is 1.32. The molecule has 0 unspecified atom stereocenters. The number of hydrogen-bond donors (Lipinski definition) is 0. The van der Waals surface area contributed by atoms with Gasteiger partial charge >= 0.3 is 5.97 Å². The van der Waals surface area contributed by atoms with E-state index in [1.54, 1.807) is 13.5 Å². The molecule has 0 radical (unpaired) electrons. The fourth-order valence-electron chi connectivity index (χ4n) is 0.384. The summed E-state index contributed by atoms with van der Waals surface area (Å²) >= 11 is 11.5. The van der Waals surface area contributed by atoms with Gasteiger partial charge in [0.15, 0.2) is 0 Å². The average molecular weight is 201 g/mol. The minimum absolute atomic E-state index is 0.334. The molecule has 0 spiro atoms. The number of methoxy groups -OCH3 is 1. The Balaban J connectivity index is 4.08. The highest BCUT2D eigenvalue weighted by atomic mass is 35.7. The standard InChI is InChI=1S/C5H10Cl2O2Si/c1-4(5(8)9-2)10(3,6)7/h4H,1-3H3/t4-/m1/s1. The van der Waals surface area contributed by atoms with Crippen LogP contribution < -0.4 is 0 Å². The van der Waals surface area contributed by atoms with Gasteiger partial charge in [-0.05, 0) is 6.55 Å². The summed E-state index contributed by atoms with van der Waals surface area (Å²) in [6.07, 6.45) is 0. The third-order valence-corrected chi connectivity index (χ3v) is 5.04. The zero-order valence-electron chi connectivity index (χ0n) is 6.15. The van der Waals surface area contributed by atoms with Gasteiger partial charge in [0.2, 0.25) is 0 Å². The van der Waals surface area contributed by atoms with Crippen molar-refractivity contribution >= 4 is 34.8 Å². The quantitative estimate of drug-likeness (QED) is 0.388. The van der Waals surface area contributed by atoms with Crippen molar-refractivity contribution in [1.29, 1.82) is 0 Å². The van der Waals surface area contributed by atoms with Crippen LogP contribution in [0.15, 0.2) is 0 Å². The first kappa shape index (κ1) is 10.3. The van der Waals surface area contributed by atoms with Crippen molar-refractivity contribution in [2.75, 3.05) is 7.11 Å². The van der Waals surface area contributed by atoms with Gasteiger partial charge in [0.25, 0.3) is 6.69 Å². The van der Waals surface area contributed by atoms with E-state index in [1.165, 1.54) is 7.11 Å². The lowest BCUT2D eigenvalue weighted by atomic mass is 10.5. The number of ether oxygens (including phenoxy) is 1. The summed E-state index contributed by atoms with van der Waals surface area (Å²) < 4.78 is 4.47. The molecule has 0 saturated carbocycles. The Bertz CT molecular complexity index is 132. The first-order valence-corrected chi connectivity index (χ1v) is 7.45. The molecule has 0 aliphatic heterocycles. The summed E-state index contributed by atoms with van der Waals surface area (Å²) in [6.45, 7) is 0.996. The molecule has 0 amide bonds. The van der Waals surface area contributed by atoms with Crippen molar-refractivity contribution < 1.29 is 9.53 Å². The number of rotatable bonds is 2. The molecule has 0 N–H and O–H groups in total. The summed E-state index contributed by atoms with van der Waals surface area (Å²) in [4.78, 5) is 10.8. The molecule has 10 heavy (non-hydrogen) atoms. The smallest absolute Gasteiger partial charge is 0.308 e.